The Hall–Kier alpha value is -4.26. The third kappa shape index (κ3) is 5.41. The second-order valence-corrected chi connectivity index (χ2v) is 11.7. The third-order valence-corrected chi connectivity index (χ3v) is 8.49. The molecule has 1 aliphatic carbocycles. The van der Waals surface area contributed by atoms with Crippen LogP contribution in [0.5, 0.6) is 11.5 Å². The van der Waals surface area contributed by atoms with Crippen molar-refractivity contribution >= 4 is 22.4 Å². The van der Waals surface area contributed by atoms with E-state index in [1.807, 2.05) is 42.5 Å². The van der Waals surface area contributed by atoms with Crippen LogP contribution >= 0.6 is 0 Å². The third-order valence-electron chi connectivity index (χ3n) is 8.49. The first-order chi connectivity index (χ1) is 20.0. The molecule has 6 nitrogen and oxygen atoms in total. The molecular weight excluding hydrogens is 506 g/mol. The van der Waals surface area contributed by atoms with Gasteiger partial charge in [0.2, 0.25) is 0 Å². The van der Waals surface area contributed by atoms with E-state index in [0.717, 1.165) is 63.9 Å². The topological polar surface area (TPSA) is 53.5 Å². The Morgan fingerprint density at radius 3 is 2.32 bits per heavy atom. The van der Waals surface area contributed by atoms with Gasteiger partial charge in [-0.25, -0.2) is 9.97 Å². The fraction of sp³-hybridized carbons (Fsp3) is 0.257. The average Bonchev–Trinajstić information content (AvgIpc) is 3.50. The van der Waals surface area contributed by atoms with Crippen molar-refractivity contribution in [3.8, 4) is 22.6 Å². The lowest BCUT2D eigenvalue weighted by Gasteiger charge is -2.22. The average molecular weight is 542 g/mol. The number of likely N-dealkylation sites (tertiary alicyclic amines) is 1. The molecule has 41 heavy (non-hydrogen) atoms. The van der Waals surface area contributed by atoms with Gasteiger partial charge in [0.05, 0.1) is 5.52 Å². The molecule has 7 rings (SSSR count). The minimum absolute atomic E-state index is 0.782. The lowest BCUT2D eigenvalue weighted by atomic mass is 10.0. The fourth-order valence-corrected chi connectivity index (χ4v) is 6.43. The second-order valence-electron chi connectivity index (χ2n) is 11.7. The van der Waals surface area contributed by atoms with E-state index in [1.54, 1.807) is 6.33 Å². The summed E-state index contributed by atoms with van der Waals surface area (Å²) < 4.78 is 6.01. The largest absolute Gasteiger partial charge is 0.457 e. The van der Waals surface area contributed by atoms with Crippen molar-refractivity contribution < 1.29 is 4.74 Å². The fourth-order valence-electron chi connectivity index (χ4n) is 6.43. The molecule has 1 saturated carbocycles. The van der Waals surface area contributed by atoms with E-state index in [0.29, 0.717) is 0 Å². The van der Waals surface area contributed by atoms with Crippen LogP contribution in [0.15, 0.2) is 97.3 Å². The zero-order valence-electron chi connectivity index (χ0n) is 23.8. The highest BCUT2D eigenvalue weighted by Crippen LogP contribution is 2.48. The van der Waals surface area contributed by atoms with E-state index < -0.39 is 0 Å². The standard InChI is InChI=1S/C35H35N5O/c1-23-5-4-6-29(17-23)41-28-14-12-27(13-15-28)38-35-30-18-26(11-16-33(30)36-22-37-35)25-9-7-24(8-10-25)19-40-20-31-32(21-40)34(31)39(2)3/h4-18,22,31-32,34H,19-21H2,1-3H3,(H,36,37,38). The number of aromatic nitrogens is 2. The Bertz CT molecular complexity index is 1670. The molecule has 2 aliphatic rings. The van der Waals surface area contributed by atoms with Gasteiger partial charge in [0.15, 0.2) is 0 Å². The highest BCUT2D eigenvalue weighted by molar-refractivity contribution is 5.93. The molecular formula is C35H35N5O. The van der Waals surface area contributed by atoms with Gasteiger partial charge in [-0.1, -0.05) is 42.5 Å². The Balaban J connectivity index is 1.04. The lowest BCUT2D eigenvalue weighted by molar-refractivity contribution is 0.244. The Morgan fingerprint density at radius 2 is 1.59 bits per heavy atom. The predicted molar refractivity (Wildman–Crippen MR) is 166 cm³/mol. The van der Waals surface area contributed by atoms with Crippen LogP contribution < -0.4 is 10.1 Å². The number of rotatable bonds is 8. The zero-order valence-corrected chi connectivity index (χ0v) is 23.8. The molecule has 1 saturated heterocycles. The maximum absolute atomic E-state index is 6.01. The molecule has 1 N–H and O–H groups in total. The van der Waals surface area contributed by atoms with Crippen molar-refractivity contribution in [1.82, 2.24) is 19.8 Å². The molecule has 206 valence electrons. The van der Waals surface area contributed by atoms with Crippen LogP contribution in [0, 0.1) is 18.8 Å². The summed E-state index contributed by atoms with van der Waals surface area (Å²) >= 11 is 0. The van der Waals surface area contributed by atoms with Crippen molar-refractivity contribution in [2.45, 2.75) is 19.5 Å². The molecule has 6 heteroatoms. The van der Waals surface area contributed by atoms with Crippen LogP contribution in [0.3, 0.4) is 0 Å². The summed E-state index contributed by atoms with van der Waals surface area (Å²) in [6.45, 7) is 5.53. The summed E-state index contributed by atoms with van der Waals surface area (Å²) in [5.41, 5.74) is 6.74. The smallest absolute Gasteiger partial charge is 0.141 e. The second kappa shape index (κ2) is 10.6. The molecule has 1 aliphatic heterocycles. The molecule has 2 atom stereocenters. The number of hydrogen-bond acceptors (Lipinski definition) is 6. The van der Waals surface area contributed by atoms with Crippen LogP contribution in [0.2, 0.25) is 0 Å². The number of nitrogens with zero attached hydrogens (tertiary/aromatic N) is 4. The minimum atomic E-state index is 0.782. The lowest BCUT2D eigenvalue weighted by Crippen LogP contribution is -2.30. The Labute approximate surface area is 241 Å². The summed E-state index contributed by atoms with van der Waals surface area (Å²) in [6, 6.07) is 32.2. The van der Waals surface area contributed by atoms with E-state index in [9.17, 15) is 0 Å². The van der Waals surface area contributed by atoms with Crippen LogP contribution in [0.1, 0.15) is 11.1 Å². The molecule has 0 bridgehead atoms. The number of benzene rings is 4. The monoisotopic (exact) mass is 541 g/mol. The van der Waals surface area contributed by atoms with E-state index in [-0.39, 0.29) is 0 Å². The zero-order chi connectivity index (χ0) is 27.9. The summed E-state index contributed by atoms with van der Waals surface area (Å²) in [6.07, 6.45) is 1.61. The highest BCUT2D eigenvalue weighted by Gasteiger charge is 2.56. The minimum Gasteiger partial charge on any atom is -0.457 e. The molecule has 2 fully saturated rings. The number of fused-ring (bicyclic) bond motifs is 2. The van der Waals surface area contributed by atoms with Gasteiger partial charge in [0.25, 0.3) is 0 Å². The van der Waals surface area contributed by atoms with Crippen molar-refractivity contribution in [3.05, 3.63) is 108 Å². The van der Waals surface area contributed by atoms with E-state index in [2.05, 4.69) is 94.6 Å². The van der Waals surface area contributed by atoms with Crippen LogP contribution in [-0.2, 0) is 6.54 Å². The SMILES string of the molecule is Cc1cccc(Oc2ccc(Nc3ncnc4ccc(-c5ccc(CN6CC7C(C6)C7N(C)C)cc5)cc34)cc2)c1. The first kappa shape index (κ1) is 25.7. The van der Waals surface area contributed by atoms with E-state index in [4.69, 9.17) is 4.74 Å². The molecule has 0 radical (unpaired) electrons. The maximum atomic E-state index is 6.01. The van der Waals surface area contributed by atoms with E-state index >= 15 is 0 Å². The summed E-state index contributed by atoms with van der Waals surface area (Å²) in [5.74, 6) is 4.12. The number of nitrogens with one attached hydrogen (secondary N) is 1. The van der Waals surface area contributed by atoms with Gasteiger partial charge in [-0.2, -0.15) is 0 Å². The molecule has 0 spiro atoms. The predicted octanol–water partition coefficient (Wildman–Crippen LogP) is 7.13. The summed E-state index contributed by atoms with van der Waals surface area (Å²) in [5, 5.41) is 4.46. The molecule has 4 aromatic carbocycles. The molecule has 1 aromatic heterocycles. The summed E-state index contributed by atoms with van der Waals surface area (Å²) in [7, 11) is 4.43. The molecule has 5 aromatic rings. The van der Waals surface area contributed by atoms with Crippen molar-refractivity contribution in [2.75, 3.05) is 32.5 Å². The van der Waals surface area contributed by atoms with Crippen LogP contribution in [0.25, 0.3) is 22.0 Å². The quantitative estimate of drug-likeness (QED) is 0.226. The van der Waals surface area contributed by atoms with Crippen molar-refractivity contribution in [3.63, 3.8) is 0 Å². The number of hydrogen-bond donors (Lipinski definition) is 1. The first-order valence-electron chi connectivity index (χ1n) is 14.3. The number of ether oxygens (including phenoxy) is 1. The highest BCUT2D eigenvalue weighted by atomic mass is 16.5. The maximum Gasteiger partial charge on any atom is 0.141 e. The van der Waals surface area contributed by atoms with Gasteiger partial charge in [0, 0.05) is 36.7 Å². The molecule has 0 amide bonds. The molecule has 2 heterocycles. The van der Waals surface area contributed by atoms with Gasteiger partial charge in [-0.15, -0.1) is 0 Å². The molecule has 2 unspecified atom stereocenters. The van der Waals surface area contributed by atoms with Gasteiger partial charge < -0.3 is 15.0 Å². The Morgan fingerprint density at radius 1 is 0.829 bits per heavy atom. The van der Waals surface area contributed by atoms with Crippen molar-refractivity contribution in [1.29, 1.82) is 0 Å². The van der Waals surface area contributed by atoms with Gasteiger partial charge in [-0.3, -0.25) is 4.90 Å². The van der Waals surface area contributed by atoms with Gasteiger partial charge in [0.1, 0.15) is 23.6 Å². The summed E-state index contributed by atoms with van der Waals surface area (Å²) in [4.78, 5) is 14.1. The Kier molecular flexibility index (Phi) is 6.65. The number of piperidine rings is 1. The van der Waals surface area contributed by atoms with Crippen LogP contribution in [0.4, 0.5) is 11.5 Å². The van der Waals surface area contributed by atoms with Crippen molar-refractivity contribution in [2.24, 2.45) is 11.8 Å². The van der Waals surface area contributed by atoms with Gasteiger partial charge >= 0.3 is 0 Å². The van der Waals surface area contributed by atoms with E-state index in [1.165, 1.54) is 29.8 Å². The first-order valence-corrected chi connectivity index (χ1v) is 14.3. The van der Waals surface area contributed by atoms with Crippen LogP contribution in [-0.4, -0.2) is 53.0 Å². The van der Waals surface area contributed by atoms with Gasteiger partial charge in [-0.05, 0) is 104 Å². The number of anilines is 2. The normalized spacial score (nSPS) is 19.9. The number of aryl methyl sites for hydroxylation is 1.